The van der Waals surface area contributed by atoms with Gasteiger partial charge in [-0.05, 0) is 37.3 Å². The first kappa shape index (κ1) is 26.0. The quantitative estimate of drug-likeness (QED) is 0.398. The van der Waals surface area contributed by atoms with Crippen molar-refractivity contribution in [3.05, 3.63) is 66.0 Å². The van der Waals surface area contributed by atoms with Crippen LogP contribution in [0.1, 0.15) is 18.1 Å². The molecule has 0 aliphatic rings. The van der Waals surface area contributed by atoms with Gasteiger partial charge in [0.2, 0.25) is 9.84 Å². The van der Waals surface area contributed by atoms with Gasteiger partial charge in [-0.3, -0.25) is 4.98 Å². The lowest BCUT2D eigenvalue weighted by molar-refractivity contribution is -0.376. The maximum atomic E-state index is 13.2. The Hall–Kier alpha value is -3.63. The fraction of sp³-hybridized carbons (Fsp3) is 0.182. The van der Waals surface area contributed by atoms with Crippen LogP contribution in [0.3, 0.4) is 0 Å². The lowest BCUT2D eigenvalue weighted by atomic mass is 9.91. The van der Waals surface area contributed by atoms with Crippen molar-refractivity contribution in [2.75, 3.05) is 5.73 Å². The van der Waals surface area contributed by atoms with Gasteiger partial charge in [0.1, 0.15) is 5.82 Å². The van der Waals surface area contributed by atoms with E-state index in [2.05, 4.69) is 21.8 Å². The number of anilines is 1. The third kappa shape index (κ3) is 4.67. The number of hydrogen-bond donors (Lipinski definition) is 2. The lowest BCUT2D eigenvalue weighted by Crippen LogP contribution is -2.54. The second-order valence-corrected chi connectivity index (χ2v) is 9.10. The van der Waals surface area contributed by atoms with Crippen molar-refractivity contribution in [2.45, 2.75) is 34.7 Å². The highest BCUT2D eigenvalue weighted by Crippen LogP contribution is 2.50. The number of pyridine rings is 2. The Morgan fingerprint density at radius 2 is 1.46 bits per heavy atom. The van der Waals surface area contributed by atoms with E-state index in [1.807, 2.05) is 0 Å². The number of aliphatic hydroxyl groups is 1. The van der Waals surface area contributed by atoms with Gasteiger partial charge in [-0.2, -0.15) is 26.3 Å². The summed E-state index contributed by atoms with van der Waals surface area (Å²) in [6, 6.07) is 7.89. The Balaban J connectivity index is 2.09. The number of hydrogen-bond acceptors (Lipinski definition) is 6. The van der Waals surface area contributed by atoms with E-state index in [4.69, 9.17) is 5.73 Å². The van der Waals surface area contributed by atoms with Crippen molar-refractivity contribution in [1.82, 2.24) is 9.97 Å². The fourth-order valence-corrected chi connectivity index (χ4v) is 4.29. The molecule has 2 heterocycles. The molecule has 0 amide bonds. The number of nitrogen functional groups attached to an aromatic ring is 1. The van der Waals surface area contributed by atoms with E-state index in [1.54, 1.807) is 0 Å². The highest BCUT2D eigenvalue weighted by Gasteiger charge is 2.71. The molecule has 0 saturated carbocycles. The van der Waals surface area contributed by atoms with Crippen LogP contribution in [0.5, 0.6) is 0 Å². The molecule has 3 rings (SSSR count). The number of alkyl halides is 6. The SMILES string of the molecule is CC#Cc1cc(C(O)(C(F)(F)F)C(F)(F)F)cnc1-c1ccc(S(=O)(=O)c2ccc(N)nc2)cc1. The molecule has 35 heavy (non-hydrogen) atoms. The fourth-order valence-electron chi connectivity index (χ4n) is 3.09. The molecular formula is C22H15F6N3O3S. The van der Waals surface area contributed by atoms with Crippen molar-refractivity contribution >= 4 is 15.7 Å². The van der Waals surface area contributed by atoms with E-state index >= 15 is 0 Å². The number of rotatable bonds is 4. The monoisotopic (exact) mass is 515 g/mol. The summed E-state index contributed by atoms with van der Waals surface area (Å²) in [7, 11) is -3.98. The molecule has 3 aromatic rings. The predicted molar refractivity (Wildman–Crippen MR) is 112 cm³/mol. The molecule has 6 nitrogen and oxygen atoms in total. The van der Waals surface area contributed by atoms with Crippen LogP contribution < -0.4 is 5.73 Å². The lowest BCUT2D eigenvalue weighted by Gasteiger charge is -2.32. The highest BCUT2D eigenvalue weighted by atomic mass is 32.2. The van der Waals surface area contributed by atoms with Gasteiger partial charge in [0.15, 0.2) is 0 Å². The Morgan fingerprint density at radius 3 is 1.94 bits per heavy atom. The second-order valence-electron chi connectivity index (χ2n) is 7.15. The van der Waals surface area contributed by atoms with Gasteiger partial charge in [-0.1, -0.05) is 18.1 Å². The van der Waals surface area contributed by atoms with Crippen molar-refractivity contribution in [2.24, 2.45) is 0 Å². The summed E-state index contributed by atoms with van der Waals surface area (Å²) >= 11 is 0. The Morgan fingerprint density at radius 1 is 0.886 bits per heavy atom. The van der Waals surface area contributed by atoms with Gasteiger partial charge < -0.3 is 10.8 Å². The summed E-state index contributed by atoms with van der Waals surface area (Å²) < 4.78 is 105. The zero-order valence-electron chi connectivity index (χ0n) is 17.6. The number of nitrogens with two attached hydrogens (primary N) is 1. The molecule has 1 aromatic carbocycles. The Kier molecular flexibility index (Phi) is 6.58. The molecule has 0 radical (unpaired) electrons. The van der Waals surface area contributed by atoms with Gasteiger partial charge in [0.25, 0.3) is 5.60 Å². The first-order chi connectivity index (χ1) is 16.1. The molecule has 0 spiro atoms. The Bertz CT molecular complexity index is 1390. The zero-order chi connectivity index (χ0) is 26.2. The normalized spacial score (nSPS) is 12.7. The molecule has 0 atom stereocenters. The average molecular weight is 515 g/mol. The third-order valence-corrected chi connectivity index (χ3v) is 6.65. The number of benzene rings is 1. The molecule has 184 valence electrons. The largest absolute Gasteiger partial charge is 0.430 e. The third-order valence-electron chi connectivity index (χ3n) is 4.89. The number of sulfone groups is 1. The minimum atomic E-state index is -6.08. The van der Waals surface area contributed by atoms with Crippen LogP contribution in [-0.4, -0.2) is 35.8 Å². The van der Waals surface area contributed by atoms with Crippen LogP contribution in [0.25, 0.3) is 11.3 Å². The Labute approximate surface area is 195 Å². The summed E-state index contributed by atoms with van der Waals surface area (Å²) in [6.45, 7) is 1.30. The standard InChI is InChI=1S/C22H15F6N3O3S/c1-2-3-14-10-15(20(32,21(23,24)25)22(26,27)28)11-31-19(14)13-4-6-16(7-5-13)35(33,34)17-8-9-18(29)30-12-17/h4-12,32H,1H3,(H2,29,30). The number of halogens is 6. The van der Waals surface area contributed by atoms with E-state index in [0.717, 1.165) is 6.20 Å². The molecule has 0 fully saturated rings. The molecule has 0 saturated heterocycles. The predicted octanol–water partition coefficient (Wildman–Crippen LogP) is 4.24. The maximum absolute atomic E-state index is 13.2. The molecular weight excluding hydrogens is 500 g/mol. The molecule has 0 unspecified atom stereocenters. The van der Waals surface area contributed by atoms with Gasteiger partial charge in [0.05, 0.1) is 21.0 Å². The summed E-state index contributed by atoms with van der Waals surface area (Å²) in [5.74, 6) is 4.85. The minimum absolute atomic E-state index is 0.112. The van der Waals surface area contributed by atoms with Crippen LogP contribution in [-0.2, 0) is 15.4 Å². The van der Waals surface area contributed by atoms with E-state index in [1.165, 1.54) is 43.3 Å². The maximum Gasteiger partial charge on any atom is 0.430 e. The summed E-state index contributed by atoms with van der Waals surface area (Å²) in [4.78, 5) is 7.11. The topological polar surface area (TPSA) is 106 Å². The smallest absolute Gasteiger partial charge is 0.384 e. The van der Waals surface area contributed by atoms with Crippen LogP contribution in [0.4, 0.5) is 32.2 Å². The molecule has 0 aliphatic carbocycles. The second kappa shape index (κ2) is 8.86. The van der Waals surface area contributed by atoms with Crippen molar-refractivity contribution in [3.63, 3.8) is 0 Å². The van der Waals surface area contributed by atoms with E-state index in [9.17, 15) is 39.9 Å². The first-order valence-electron chi connectivity index (χ1n) is 9.49. The minimum Gasteiger partial charge on any atom is -0.384 e. The molecule has 13 heteroatoms. The molecule has 0 bridgehead atoms. The first-order valence-corrected chi connectivity index (χ1v) is 11.0. The van der Waals surface area contributed by atoms with Crippen molar-refractivity contribution in [3.8, 4) is 23.1 Å². The number of aromatic nitrogens is 2. The highest BCUT2D eigenvalue weighted by molar-refractivity contribution is 7.91. The number of nitrogens with zero attached hydrogens (tertiary/aromatic N) is 2. The van der Waals surface area contributed by atoms with Crippen LogP contribution in [0.15, 0.2) is 64.6 Å². The average Bonchev–Trinajstić information content (AvgIpc) is 2.77. The van der Waals surface area contributed by atoms with Crippen molar-refractivity contribution < 1.29 is 39.9 Å². The van der Waals surface area contributed by atoms with Gasteiger partial charge in [-0.25, -0.2) is 13.4 Å². The molecule has 2 aromatic heterocycles. The van der Waals surface area contributed by atoms with Crippen molar-refractivity contribution in [1.29, 1.82) is 0 Å². The van der Waals surface area contributed by atoms with Crippen LogP contribution in [0.2, 0.25) is 0 Å². The van der Waals surface area contributed by atoms with Gasteiger partial charge in [0, 0.05) is 23.5 Å². The van der Waals surface area contributed by atoms with Gasteiger partial charge >= 0.3 is 12.4 Å². The summed E-state index contributed by atoms with van der Waals surface area (Å²) in [6.07, 6.45) is -10.9. The summed E-state index contributed by atoms with van der Waals surface area (Å²) in [5, 5.41) is 9.64. The van der Waals surface area contributed by atoms with Crippen LogP contribution in [0, 0.1) is 11.8 Å². The molecule has 0 aliphatic heterocycles. The van der Waals surface area contributed by atoms with E-state index in [-0.39, 0.29) is 38.6 Å². The van der Waals surface area contributed by atoms with Crippen LogP contribution >= 0.6 is 0 Å². The molecule has 3 N–H and O–H groups in total. The zero-order valence-corrected chi connectivity index (χ0v) is 18.4. The van der Waals surface area contributed by atoms with Gasteiger partial charge in [-0.15, -0.1) is 5.92 Å². The van der Waals surface area contributed by atoms with E-state index in [0.29, 0.717) is 6.07 Å². The van der Waals surface area contributed by atoms with E-state index < -0.39 is 33.4 Å². The summed E-state index contributed by atoms with van der Waals surface area (Å²) in [5.41, 5.74) is -1.57.